The lowest BCUT2D eigenvalue weighted by atomic mass is 10.3. The van der Waals surface area contributed by atoms with Crippen molar-refractivity contribution in [3.8, 4) is 0 Å². The number of amides is 1. The summed E-state index contributed by atoms with van der Waals surface area (Å²) in [7, 11) is 0. The molecule has 1 aliphatic carbocycles. The Hall–Kier alpha value is -0.610. The van der Waals surface area contributed by atoms with E-state index in [0.717, 1.165) is 12.5 Å². The minimum Gasteiger partial charge on any atom is -0.379 e. The molecule has 0 bridgehead atoms. The van der Waals surface area contributed by atoms with Crippen molar-refractivity contribution in [2.75, 3.05) is 19.8 Å². The van der Waals surface area contributed by atoms with Gasteiger partial charge in [-0.25, -0.2) is 0 Å². The molecule has 0 radical (unpaired) electrons. The molecule has 0 spiro atoms. The number of nitrogens with one attached hydrogen (secondary N) is 1. The van der Waals surface area contributed by atoms with Crippen LogP contribution < -0.4 is 11.1 Å². The van der Waals surface area contributed by atoms with Crippen molar-refractivity contribution >= 4 is 5.91 Å². The molecule has 1 atom stereocenters. The van der Waals surface area contributed by atoms with Crippen molar-refractivity contribution in [1.29, 1.82) is 0 Å². The summed E-state index contributed by atoms with van der Waals surface area (Å²) in [6.45, 7) is 3.66. The smallest absolute Gasteiger partial charge is 0.236 e. The van der Waals surface area contributed by atoms with Crippen molar-refractivity contribution in [3.63, 3.8) is 0 Å². The van der Waals surface area contributed by atoms with E-state index in [-0.39, 0.29) is 5.91 Å². The van der Waals surface area contributed by atoms with Gasteiger partial charge in [0.25, 0.3) is 0 Å². The molecule has 1 saturated carbocycles. The Bertz CT molecular complexity index is 167. The van der Waals surface area contributed by atoms with Crippen LogP contribution >= 0.6 is 0 Å². The molecule has 1 unspecified atom stereocenters. The Kier molecular flexibility index (Phi) is 4.18. The predicted octanol–water partition coefficient (Wildman–Crippen LogP) is -0.124. The van der Waals surface area contributed by atoms with Crippen molar-refractivity contribution in [2.45, 2.75) is 25.8 Å². The highest BCUT2D eigenvalue weighted by Gasteiger charge is 2.20. The zero-order chi connectivity index (χ0) is 9.68. The lowest BCUT2D eigenvalue weighted by Crippen LogP contribution is -2.39. The number of carbonyl (C=O) groups is 1. The van der Waals surface area contributed by atoms with Gasteiger partial charge in [-0.05, 0) is 25.7 Å². The molecule has 3 N–H and O–H groups in total. The molecule has 1 amide bonds. The third kappa shape index (κ3) is 4.85. The van der Waals surface area contributed by atoms with E-state index in [1.165, 1.54) is 12.8 Å². The van der Waals surface area contributed by atoms with Gasteiger partial charge in [-0.2, -0.15) is 0 Å². The molecule has 13 heavy (non-hydrogen) atoms. The molecule has 0 aromatic carbocycles. The maximum Gasteiger partial charge on any atom is 0.236 e. The van der Waals surface area contributed by atoms with Gasteiger partial charge in [0.2, 0.25) is 5.91 Å². The lowest BCUT2D eigenvalue weighted by Gasteiger charge is -2.07. The maximum atomic E-state index is 11.0. The number of carbonyl (C=O) groups excluding carboxylic acids is 1. The zero-order valence-electron chi connectivity index (χ0n) is 8.08. The van der Waals surface area contributed by atoms with Gasteiger partial charge in [0.15, 0.2) is 0 Å². The number of rotatable bonds is 6. The minimum absolute atomic E-state index is 0.116. The number of ether oxygens (including phenoxy) is 1. The molecular formula is C9H18N2O2. The average Bonchev–Trinajstić information content (AvgIpc) is 2.87. The minimum atomic E-state index is -0.427. The van der Waals surface area contributed by atoms with Crippen LogP contribution in [0, 0.1) is 5.92 Å². The third-order valence-corrected chi connectivity index (χ3v) is 2.01. The number of hydrogen-bond acceptors (Lipinski definition) is 3. The van der Waals surface area contributed by atoms with Crippen LogP contribution in [0.3, 0.4) is 0 Å². The highest BCUT2D eigenvalue weighted by molar-refractivity contribution is 5.80. The fourth-order valence-electron chi connectivity index (χ4n) is 0.942. The van der Waals surface area contributed by atoms with E-state index in [1.54, 1.807) is 6.92 Å². The van der Waals surface area contributed by atoms with Gasteiger partial charge < -0.3 is 15.8 Å². The summed E-state index contributed by atoms with van der Waals surface area (Å²) in [4.78, 5) is 11.0. The first-order valence-electron chi connectivity index (χ1n) is 4.81. The first-order chi connectivity index (χ1) is 6.20. The first kappa shape index (κ1) is 10.5. The Labute approximate surface area is 78.8 Å². The standard InChI is InChI=1S/C9H18N2O2/c1-7(10)9(12)11-4-5-13-6-8-2-3-8/h7-8H,2-6,10H2,1H3,(H,11,12). The number of hydrogen-bond donors (Lipinski definition) is 2. The van der Waals surface area contributed by atoms with Gasteiger partial charge in [0.05, 0.1) is 12.6 Å². The summed E-state index contributed by atoms with van der Waals surface area (Å²) < 4.78 is 5.33. The van der Waals surface area contributed by atoms with Gasteiger partial charge in [-0.1, -0.05) is 0 Å². The third-order valence-electron chi connectivity index (χ3n) is 2.01. The molecule has 0 saturated heterocycles. The highest BCUT2D eigenvalue weighted by Crippen LogP contribution is 2.28. The summed E-state index contributed by atoms with van der Waals surface area (Å²) in [5, 5.41) is 2.69. The van der Waals surface area contributed by atoms with Crippen LogP contribution in [-0.2, 0) is 9.53 Å². The Balaban J connectivity index is 1.85. The molecule has 0 aliphatic heterocycles. The van der Waals surface area contributed by atoms with Crippen LogP contribution in [0.2, 0.25) is 0 Å². The van der Waals surface area contributed by atoms with Crippen LogP contribution in [-0.4, -0.2) is 31.7 Å². The van der Waals surface area contributed by atoms with E-state index in [4.69, 9.17) is 10.5 Å². The van der Waals surface area contributed by atoms with E-state index >= 15 is 0 Å². The molecule has 0 heterocycles. The van der Waals surface area contributed by atoms with Crippen LogP contribution in [0.5, 0.6) is 0 Å². The molecule has 1 aliphatic rings. The second-order valence-corrected chi connectivity index (χ2v) is 3.60. The normalized spacial score (nSPS) is 18.3. The summed E-state index contributed by atoms with van der Waals surface area (Å²) >= 11 is 0. The monoisotopic (exact) mass is 186 g/mol. The molecule has 0 aromatic rings. The highest BCUT2D eigenvalue weighted by atomic mass is 16.5. The topological polar surface area (TPSA) is 64.4 Å². The van der Waals surface area contributed by atoms with Gasteiger partial charge >= 0.3 is 0 Å². The van der Waals surface area contributed by atoms with Crippen LogP contribution in [0.4, 0.5) is 0 Å². The van der Waals surface area contributed by atoms with Gasteiger partial charge in [0.1, 0.15) is 0 Å². The maximum absolute atomic E-state index is 11.0. The average molecular weight is 186 g/mol. The summed E-state index contributed by atoms with van der Waals surface area (Å²) in [5.41, 5.74) is 5.36. The molecule has 1 rings (SSSR count). The lowest BCUT2D eigenvalue weighted by molar-refractivity contribution is -0.122. The summed E-state index contributed by atoms with van der Waals surface area (Å²) in [6.07, 6.45) is 2.60. The van der Waals surface area contributed by atoms with E-state index in [1.807, 2.05) is 0 Å². The van der Waals surface area contributed by atoms with Crippen molar-refractivity contribution in [1.82, 2.24) is 5.32 Å². The Morgan fingerprint density at radius 3 is 2.92 bits per heavy atom. The second-order valence-electron chi connectivity index (χ2n) is 3.60. The van der Waals surface area contributed by atoms with Gasteiger partial charge in [0, 0.05) is 13.2 Å². The molecule has 76 valence electrons. The Morgan fingerprint density at radius 2 is 2.38 bits per heavy atom. The van der Waals surface area contributed by atoms with E-state index in [9.17, 15) is 4.79 Å². The molecular weight excluding hydrogens is 168 g/mol. The molecule has 4 heteroatoms. The van der Waals surface area contributed by atoms with Gasteiger partial charge in [-0.15, -0.1) is 0 Å². The van der Waals surface area contributed by atoms with Crippen molar-refractivity contribution in [2.24, 2.45) is 11.7 Å². The fraction of sp³-hybridized carbons (Fsp3) is 0.889. The van der Waals surface area contributed by atoms with Crippen molar-refractivity contribution in [3.05, 3.63) is 0 Å². The molecule has 4 nitrogen and oxygen atoms in total. The first-order valence-corrected chi connectivity index (χ1v) is 4.81. The molecule has 1 fully saturated rings. The zero-order valence-corrected chi connectivity index (χ0v) is 8.08. The predicted molar refractivity (Wildman–Crippen MR) is 50.2 cm³/mol. The van der Waals surface area contributed by atoms with Crippen LogP contribution in [0.15, 0.2) is 0 Å². The number of nitrogens with two attached hydrogens (primary N) is 1. The van der Waals surface area contributed by atoms with Gasteiger partial charge in [-0.3, -0.25) is 4.79 Å². The Morgan fingerprint density at radius 1 is 1.69 bits per heavy atom. The molecule has 0 aromatic heterocycles. The fourth-order valence-corrected chi connectivity index (χ4v) is 0.942. The van der Waals surface area contributed by atoms with E-state index in [0.29, 0.717) is 13.2 Å². The summed E-state index contributed by atoms with van der Waals surface area (Å²) in [5.74, 6) is 0.666. The second kappa shape index (κ2) is 5.19. The SMILES string of the molecule is CC(N)C(=O)NCCOCC1CC1. The van der Waals surface area contributed by atoms with E-state index < -0.39 is 6.04 Å². The van der Waals surface area contributed by atoms with E-state index in [2.05, 4.69) is 5.32 Å². The summed E-state index contributed by atoms with van der Waals surface area (Å²) in [6, 6.07) is -0.427. The van der Waals surface area contributed by atoms with Crippen molar-refractivity contribution < 1.29 is 9.53 Å². The quantitative estimate of drug-likeness (QED) is 0.568. The van der Waals surface area contributed by atoms with Crippen LogP contribution in [0.1, 0.15) is 19.8 Å². The van der Waals surface area contributed by atoms with Crippen LogP contribution in [0.25, 0.3) is 0 Å². The largest absolute Gasteiger partial charge is 0.379 e.